The van der Waals surface area contributed by atoms with Gasteiger partial charge < -0.3 is 14.8 Å². The quantitative estimate of drug-likeness (QED) is 0.354. The van der Waals surface area contributed by atoms with Gasteiger partial charge in [-0.25, -0.2) is 18.4 Å². The van der Waals surface area contributed by atoms with Crippen LogP contribution in [0.25, 0.3) is 22.3 Å². The van der Waals surface area contributed by atoms with Gasteiger partial charge in [-0.1, -0.05) is 25.7 Å². The second kappa shape index (κ2) is 9.18. The van der Waals surface area contributed by atoms with Crippen molar-refractivity contribution < 1.29 is 23.0 Å². The summed E-state index contributed by atoms with van der Waals surface area (Å²) in [6.07, 6.45) is -0.855. The molecule has 0 unspecified atom stereocenters. The number of carbonyl (C=O) groups is 1. The molecule has 3 aromatic rings. The van der Waals surface area contributed by atoms with Gasteiger partial charge in [0.25, 0.3) is 0 Å². The number of nitrogens with one attached hydrogen (secondary N) is 1. The molecule has 1 N–H and O–H groups in total. The van der Waals surface area contributed by atoms with E-state index in [0.717, 1.165) is 6.04 Å². The van der Waals surface area contributed by atoms with Crippen molar-refractivity contribution in [2.75, 3.05) is 19.0 Å². The molecule has 2 heterocycles. The van der Waals surface area contributed by atoms with Crippen LogP contribution < -0.4 is 10.1 Å². The minimum atomic E-state index is -1.26. The number of rotatable bonds is 9. The highest BCUT2D eigenvalue weighted by atomic mass is 28.3. The first-order chi connectivity index (χ1) is 15.7. The Hall–Kier alpha value is -2.85. The molecular formula is C23H28F2N4O3Si. The summed E-state index contributed by atoms with van der Waals surface area (Å²) in [7, 11) is 0.146. The van der Waals surface area contributed by atoms with E-state index in [1.807, 2.05) is 0 Å². The van der Waals surface area contributed by atoms with E-state index in [-0.39, 0.29) is 24.8 Å². The number of methoxy groups -OCH3 is 1. The summed E-state index contributed by atoms with van der Waals surface area (Å²) in [5.41, 5.74) is 1.45. The maximum atomic E-state index is 14.3. The zero-order valence-corrected chi connectivity index (χ0v) is 20.2. The molecule has 0 aliphatic heterocycles. The zero-order valence-electron chi connectivity index (χ0n) is 19.2. The average Bonchev–Trinajstić information content (AvgIpc) is 3.39. The standard InChI is InChI=1S/C23H28F2N4O3Si/c1-31-21-14(6-5-7-17(21)24)20-15-8-9-19(27-23(30)16-12-18(16)25)26-22(15)29(28-20)13-32-10-11-33(2,3)4/h5-9,16,18H,10-13H2,1-4H3,(H,26,27,30)/t16-,18+/m1/s1. The highest BCUT2D eigenvalue weighted by Gasteiger charge is 2.43. The minimum absolute atomic E-state index is 0.0869. The fraction of sp³-hybridized carbons (Fsp3) is 0.435. The highest BCUT2D eigenvalue weighted by Crippen LogP contribution is 2.37. The maximum Gasteiger partial charge on any atom is 0.231 e. The fourth-order valence-corrected chi connectivity index (χ4v) is 4.25. The van der Waals surface area contributed by atoms with E-state index < -0.39 is 26.0 Å². The minimum Gasteiger partial charge on any atom is -0.493 e. The van der Waals surface area contributed by atoms with E-state index in [9.17, 15) is 13.6 Å². The Labute approximate surface area is 192 Å². The number of ether oxygens (including phenoxy) is 2. The summed E-state index contributed by atoms with van der Waals surface area (Å²) in [5.74, 6) is -1.12. The van der Waals surface area contributed by atoms with Crippen molar-refractivity contribution in [1.29, 1.82) is 0 Å². The molecule has 1 aromatic carbocycles. The molecule has 176 valence electrons. The summed E-state index contributed by atoms with van der Waals surface area (Å²) in [6.45, 7) is 7.55. The van der Waals surface area contributed by atoms with Gasteiger partial charge in [-0.3, -0.25) is 4.79 Å². The Kier molecular flexibility index (Phi) is 6.49. The largest absolute Gasteiger partial charge is 0.493 e. The number of fused-ring (bicyclic) bond motifs is 1. The molecule has 0 radical (unpaired) electrons. The van der Waals surface area contributed by atoms with Crippen molar-refractivity contribution in [3.8, 4) is 17.0 Å². The van der Waals surface area contributed by atoms with Gasteiger partial charge in [-0.05, 0) is 36.7 Å². The van der Waals surface area contributed by atoms with Crippen LogP contribution in [0, 0.1) is 11.7 Å². The van der Waals surface area contributed by atoms with Crippen molar-refractivity contribution >= 4 is 30.8 Å². The van der Waals surface area contributed by atoms with Crippen LogP contribution in [0.5, 0.6) is 5.75 Å². The molecule has 0 saturated heterocycles. The predicted octanol–water partition coefficient (Wildman–Crippen LogP) is 4.85. The van der Waals surface area contributed by atoms with Gasteiger partial charge in [-0.2, -0.15) is 5.10 Å². The van der Waals surface area contributed by atoms with Crippen molar-refractivity contribution in [3.05, 3.63) is 36.1 Å². The van der Waals surface area contributed by atoms with E-state index in [2.05, 4.69) is 35.0 Å². The molecule has 2 atom stereocenters. The van der Waals surface area contributed by atoms with E-state index in [1.54, 1.807) is 28.9 Å². The van der Waals surface area contributed by atoms with Crippen LogP contribution in [0.4, 0.5) is 14.6 Å². The van der Waals surface area contributed by atoms with Gasteiger partial charge in [0, 0.05) is 25.6 Å². The Morgan fingerprint density at radius 2 is 2.03 bits per heavy atom. The summed E-state index contributed by atoms with van der Waals surface area (Å²) in [4.78, 5) is 16.7. The summed E-state index contributed by atoms with van der Waals surface area (Å²) in [5, 5.41) is 7.97. The van der Waals surface area contributed by atoms with Crippen LogP contribution in [0.15, 0.2) is 30.3 Å². The summed E-state index contributed by atoms with van der Waals surface area (Å²) in [6, 6.07) is 9.02. The van der Waals surface area contributed by atoms with Crippen molar-refractivity contribution in [3.63, 3.8) is 0 Å². The second-order valence-electron chi connectivity index (χ2n) is 9.43. The monoisotopic (exact) mass is 474 g/mol. The lowest BCUT2D eigenvalue weighted by Gasteiger charge is -2.15. The Balaban J connectivity index is 1.69. The molecule has 10 heteroatoms. The van der Waals surface area contributed by atoms with Gasteiger partial charge in [-0.15, -0.1) is 0 Å². The first-order valence-electron chi connectivity index (χ1n) is 10.9. The van der Waals surface area contributed by atoms with Crippen LogP contribution in [-0.4, -0.2) is 48.6 Å². The molecule has 1 saturated carbocycles. The number of carbonyl (C=O) groups excluding carboxylic acids is 1. The normalized spacial score (nSPS) is 17.9. The van der Waals surface area contributed by atoms with Gasteiger partial charge in [0.1, 0.15) is 24.4 Å². The van der Waals surface area contributed by atoms with Crippen LogP contribution in [0.1, 0.15) is 6.42 Å². The van der Waals surface area contributed by atoms with E-state index >= 15 is 0 Å². The van der Waals surface area contributed by atoms with Gasteiger partial charge in [0.05, 0.1) is 13.0 Å². The number of hydrogen-bond donors (Lipinski definition) is 1. The first-order valence-corrected chi connectivity index (χ1v) is 14.6. The number of para-hydroxylation sites is 1. The molecule has 1 fully saturated rings. The number of aromatic nitrogens is 3. The lowest BCUT2D eigenvalue weighted by atomic mass is 10.1. The lowest BCUT2D eigenvalue weighted by Crippen LogP contribution is -2.22. The van der Waals surface area contributed by atoms with E-state index in [1.165, 1.54) is 13.2 Å². The Bertz CT molecular complexity index is 1180. The third-order valence-electron chi connectivity index (χ3n) is 5.53. The number of benzene rings is 1. The number of amides is 1. The predicted molar refractivity (Wildman–Crippen MR) is 125 cm³/mol. The number of halogens is 2. The molecule has 1 amide bonds. The van der Waals surface area contributed by atoms with Crippen LogP contribution >= 0.6 is 0 Å². The molecular weight excluding hydrogens is 446 g/mol. The van der Waals surface area contributed by atoms with Crippen molar-refractivity contribution in [2.24, 2.45) is 5.92 Å². The number of hydrogen-bond acceptors (Lipinski definition) is 5. The SMILES string of the molecule is COc1c(F)cccc1-c1nn(COCC[Si](C)(C)C)c2nc(NC(=O)[C@@H]3C[C@@H]3F)ccc12. The van der Waals surface area contributed by atoms with Crippen LogP contribution in [-0.2, 0) is 16.3 Å². The summed E-state index contributed by atoms with van der Waals surface area (Å²) < 4.78 is 40.3. The third kappa shape index (κ3) is 5.22. The van der Waals surface area contributed by atoms with Crippen molar-refractivity contribution in [1.82, 2.24) is 14.8 Å². The summed E-state index contributed by atoms with van der Waals surface area (Å²) >= 11 is 0. The van der Waals surface area contributed by atoms with Gasteiger partial charge in [0.15, 0.2) is 17.2 Å². The number of pyridine rings is 1. The molecule has 0 bridgehead atoms. The molecule has 0 spiro atoms. The smallest absolute Gasteiger partial charge is 0.231 e. The molecule has 2 aromatic heterocycles. The number of nitrogens with zero attached hydrogens (tertiary/aromatic N) is 3. The highest BCUT2D eigenvalue weighted by molar-refractivity contribution is 6.76. The maximum absolute atomic E-state index is 14.3. The zero-order chi connectivity index (χ0) is 23.8. The number of alkyl halides is 1. The molecule has 1 aliphatic carbocycles. The van der Waals surface area contributed by atoms with Gasteiger partial charge in [0.2, 0.25) is 5.91 Å². The second-order valence-corrected chi connectivity index (χ2v) is 15.1. The van der Waals surface area contributed by atoms with E-state index in [0.29, 0.717) is 34.7 Å². The van der Waals surface area contributed by atoms with Crippen LogP contribution in [0.2, 0.25) is 25.7 Å². The first kappa shape index (κ1) is 23.3. The fourth-order valence-electron chi connectivity index (χ4n) is 3.50. The van der Waals surface area contributed by atoms with Crippen molar-refractivity contribution in [2.45, 2.75) is 45.0 Å². The molecule has 7 nitrogen and oxygen atoms in total. The lowest BCUT2D eigenvalue weighted by molar-refractivity contribution is -0.117. The molecule has 4 rings (SSSR count). The molecule has 1 aliphatic rings. The Morgan fingerprint density at radius 3 is 2.70 bits per heavy atom. The average molecular weight is 475 g/mol. The number of anilines is 1. The Morgan fingerprint density at radius 1 is 1.27 bits per heavy atom. The van der Waals surface area contributed by atoms with Crippen LogP contribution in [0.3, 0.4) is 0 Å². The molecule has 33 heavy (non-hydrogen) atoms. The third-order valence-corrected chi connectivity index (χ3v) is 7.24. The van der Waals surface area contributed by atoms with E-state index in [4.69, 9.17) is 9.47 Å². The topological polar surface area (TPSA) is 78.3 Å². The van der Waals surface area contributed by atoms with Gasteiger partial charge >= 0.3 is 0 Å².